The third-order valence-electron chi connectivity index (χ3n) is 4.77. The highest BCUT2D eigenvalue weighted by atomic mass is 79.9. The van der Waals surface area contributed by atoms with E-state index < -0.39 is 0 Å². The molecule has 0 aliphatic rings. The zero-order valence-electron chi connectivity index (χ0n) is 19.0. The standard InChI is InChI=1S/C25H25BrN4O3/c1-16-6-5-7-18(8-16)14-33-24-11-22(26)19(10-23(24)32-4)13-28-30-25-21(12-27)20(15-31-3)9-17(2)29-25/h5-11,13H,14-15H2,1-4H3,(H,29,30)/b28-13+. The van der Waals surface area contributed by atoms with Crippen molar-refractivity contribution in [3.05, 3.63) is 80.4 Å². The number of pyridine rings is 1. The van der Waals surface area contributed by atoms with Gasteiger partial charge >= 0.3 is 0 Å². The van der Waals surface area contributed by atoms with Crippen LogP contribution in [0.25, 0.3) is 0 Å². The minimum absolute atomic E-state index is 0.317. The molecule has 0 radical (unpaired) electrons. The molecule has 0 fully saturated rings. The van der Waals surface area contributed by atoms with Crippen LogP contribution in [0, 0.1) is 25.2 Å². The Kier molecular flexibility index (Phi) is 8.41. The lowest BCUT2D eigenvalue weighted by molar-refractivity contribution is 0.184. The first kappa shape index (κ1) is 24.2. The SMILES string of the molecule is COCc1cc(C)nc(N/N=C/c2cc(OC)c(OCc3cccc(C)c3)cc2Br)c1C#N. The van der Waals surface area contributed by atoms with E-state index in [2.05, 4.69) is 43.6 Å². The topological polar surface area (TPSA) is 88.8 Å². The number of halogens is 1. The highest BCUT2D eigenvalue weighted by Crippen LogP contribution is 2.33. The van der Waals surface area contributed by atoms with Crippen LogP contribution in [0.3, 0.4) is 0 Å². The second kappa shape index (κ2) is 11.5. The van der Waals surface area contributed by atoms with Gasteiger partial charge in [-0.15, -0.1) is 0 Å². The van der Waals surface area contributed by atoms with Crippen LogP contribution in [0.5, 0.6) is 11.5 Å². The van der Waals surface area contributed by atoms with Crippen LogP contribution in [-0.4, -0.2) is 25.4 Å². The van der Waals surface area contributed by atoms with E-state index in [-0.39, 0.29) is 0 Å². The van der Waals surface area contributed by atoms with E-state index in [1.165, 1.54) is 5.56 Å². The second-order valence-electron chi connectivity index (χ2n) is 7.36. The first-order valence-corrected chi connectivity index (χ1v) is 11.0. The number of ether oxygens (including phenoxy) is 3. The van der Waals surface area contributed by atoms with E-state index in [0.717, 1.165) is 26.9 Å². The highest BCUT2D eigenvalue weighted by molar-refractivity contribution is 9.10. The van der Waals surface area contributed by atoms with Gasteiger partial charge in [0.25, 0.3) is 0 Å². The van der Waals surface area contributed by atoms with Crippen molar-refractivity contribution >= 4 is 28.0 Å². The Hall–Kier alpha value is -3.41. The zero-order chi connectivity index (χ0) is 23.8. The van der Waals surface area contributed by atoms with Gasteiger partial charge in [0.05, 0.1) is 19.9 Å². The predicted molar refractivity (Wildman–Crippen MR) is 132 cm³/mol. The van der Waals surface area contributed by atoms with Crippen molar-refractivity contribution in [2.45, 2.75) is 27.1 Å². The van der Waals surface area contributed by atoms with Gasteiger partial charge in [-0.1, -0.05) is 29.8 Å². The molecule has 0 amide bonds. The summed E-state index contributed by atoms with van der Waals surface area (Å²) < 4.78 is 17.5. The quantitative estimate of drug-likeness (QED) is 0.302. The number of benzene rings is 2. The van der Waals surface area contributed by atoms with Crippen LogP contribution in [0.15, 0.2) is 52.0 Å². The van der Waals surface area contributed by atoms with Gasteiger partial charge in [-0.2, -0.15) is 10.4 Å². The maximum Gasteiger partial charge on any atom is 0.164 e. The highest BCUT2D eigenvalue weighted by Gasteiger charge is 2.12. The summed E-state index contributed by atoms with van der Waals surface area (Å²) in [6, 6.07) is 15.8. The number of hydrazone groups is 1. The predicted octanol–water partition coefficient (Wildman–Crippen LogP) is 5.51. The number of nitrogens with zero attached hydrogens (tertiary/aromatic N) is 3. The van der Waals surface area contributed by atoms with Crippen molar-refractivity contribution in [2.24, 2.45) is 5.10 Å². The van der Waals surface area contributed by atoms with Crippen molar-refractivity contribution in [1.82, 2.24) is 4.98 Å². The molecule has 2 aromatic carbocycles. The van der Waals surface area contributed by atoms with Gasteiger partial charge in [0.15, 0.2) is 17.3 Å². The molecule has 0 spiro atoms. The second-order valence-corrected chi connectivity index (χ2v) is 8.22. The number of nitrogens with one attached hydrogen (secondary N) is 1. The summed E-state index contributed by atoms with van der Waals surface area (Å²) in [4.78, 5) is 4.39. The summed E-state index contributed by atoms with van der Waals surface area (Å²) in [7, 11) is 3.18. The summed E-state index contributed by atoms with van der Waals surface area (Å²) in [5.41, 5.74) is 7.81. The van der Waals surface area contributed by atoms with Crippen molar-refractivity contribution in [1.29, 1.82) is 5.26 Å². The molecular formula is C25H25BrN4O3. The van der Waals surface area contributed by atoms with Crippen LogP contribution in [0.4, 0.5) is 5.82 Å². The first-order valence-electron chi connectivity index (χ1n) is 10.2. The first-order chi connectivity index (χ1) is 15.9. The molecule has 0 aliphatic carbocycles. The molecule has 1 N–H and O–H groups in total. The van der Waals surface area contributed by atoms with Gasteiger partial charge < -0.3 is 14.2 Å². The maximum atomic E-state index is 9.55. The molecule has 0 aliphatic heterocycles. The van der Waals surface area contributed by atoms with E-state index in [1.54, 1.807) is 20.4 Å². The summed E-state index contributed by atoms with van der Waals surface area (Å²) in [6.07, 6.45) is 1.62. The molecular weight excluding hydrogens is 484 g/mol. The molecule has 3 rings (SSSR count). The number of hydrogen-bond donors (Lipinski definition) is 1. The van der Waals surface area contributed by atoms with E-state index >= 15 is 0 Å². The van der Waals surface area contributed by atoms with E-state index in [4.69, 9.17) is 14.2 Å². The van der Waals surface area contributed by atoms with E-state index in [1.807, 2.05) is 50.2 Å². The fraction of sp³-hybridized carbons (Fsp3) is 0.240. The van der Waals surface area contributed by atoms with Crippen molar-refractivity contribution in [2.75, 3.05) is 19.6 Å². The van der Waals surface area contributed by atoms with Crippen molar-refractivity contribution < 1.29 is 14.2 Å². The molecule has 8 heteroatoms. The van der Waals surface area contributed by atoms with Gasteiger partial charge in [-0.05, 0) is 53.5 Å². The van der Waals surface area contributed by atoms with Gasteiger partial charge in [0, 0.05) is 28.4 Å². The van der Waals surface area contributed by atoms with Gasteiger partial charge in [-0.25, -0.2) is 4.98 Å². The monoisotopic (exact) mass is 508 g/mol. The number of nitriles is 1. The maximum absolute atomic E-state index is 9.55. The molecule has 3 aromatic rings. The number of anilines is 1. The third-order valence-corrected chi connectivity index (χ3v) is 5.46. The van der Waals surface area contributed by atoms with Crippen LogP contribution in [-0.2, 0) is 18.0 Å². The Morgan fingerprint density at radius 2 is 1.94 bits per heavy atom. The molecule has 0 saturated heterocycles. The van der Waals surface area contributed by atoms with E-state index in [9.17, 15) is 5.26 Å². The molecule has 7 nitrogen and oxygen atoms in total. The average Bonchev–Trinajstić information content (AvgIpc) is 2.79. The number of methoxy groups -OCH3 is 2. The largest absolute Gasteiger partial charge is 0.493 e. The van der Waals surface area contributed by atoms with E-state index in [0.29, 0.717) is 36.1 Å². The zero-order valence-corrected chi connectivity index (χ0v) is 20.6. The summed E-state index contributed by atoms with van der Waals surface area (Å²) in [6.45, 7) is 4.65. The Labute approximate surface area is 202 Å². The fourth-order valence-electron chi connectivity index (χ4n) is 3.26. The minimum atomic E-state index is 0.317. The molecule has 0 unspecified atom stereocenters. The van der Waals surface area contributed by atoms with Gasteiger partial charge in [-0.3, -0.25) is 5.43 Å². The lowest BCUT2D eigenvalue weighted by Crippen LogP contribution is -2.04. The summed E-state index contributed by atoms with van der Waals surface area (Å²) >= 11 is 3.57. The van der Waals surface area contributed by atoms with Crippen LogP contribution >= 0.6 is 15.9 Å². The fourth-order valence-corrected chi connectivity index (χ4v) is 3.69. The summed E-state index contributed by atoms with van der Waals surface area (Å²) in [5.74, 6) is 1.58. The lowest BCUT2D eigenvalue weighted by atomic mass is 10.1. The Balaban J connectivity index is 1.78. The van der Waals surface area contributed by atoms with Gasteiger partial charge in [0.2, 0.25) is 0 Å². The number of aromatic nitrogens is 1. The Morgan fingerprint density at radius 1 is 1.12 bits per heavy atom. The number of aryl methyl sites for hydroxylation is 2. The molecule has 0 bridgehead atoms. The van der Waals surface area contributed by atoms with Crippen LogP contribution < -0.4 is 14.9 Å². The van der Waals surface area contributed by atoms with Crippen molar-refractivity contribution in [3.63, 3.8) is 0 Å². The lowest BCUT2D eigenvalue weighted by Gasteiger charge is -2.13. The van der Waals surface area contributed by atoms with Crippen LogP contribution in [0.1, 0.15) is 33.5 Å². The van der Waals surface area contributed by atoms with Gasteiger partial charge in [0.1, 0.15) is 18.2 Å². The molecule has 0 saturated carbocycles. The third kappa shape index (κ3) is 6.31. The molecule has 1 aromatic heterocycles. The molecule has 1 heterocycles. The summed E-state index contributed by atoms with van der Waals surface area (Å²) in [5, 5.41) is 13.8. The normalized spacial score (nSPS) is 10.8. The molecule has 33 heavy (non-hydrogen) atoms. The smallest absolute Gasteiger partial charge is 0.164 e. The Bertz CT molecular complexity index is 1200. The average molecular weight is 509 g/mol. The van der Waals surface area contributed by atoms with Crippen LogP contribution in [0.2, 0.25) is 0 Å². The minimum Gasteiger partial charge on any atom is -0.493 e. The number of rotatable bonds is 9. The molecule has 170 valence electrons. The molecule has 0 atom stereocenters. The van der Waals surface area contributed by atoms with Crippen molar-refractivity contribution in [3.8, 4) is 17.6 Å². The number of hydrogen-bond acceptors (Lipinski definition) is 7. The Morgan fingerprint density at radius 3 is 2.64 bits per heavy atom.